The number of hydrogen-bond donors (Lipinski definition) is 1. The molecule has 0 spiro atoms. The molecule has 0 fully saturated rings. The molecule has 3 nitrogen and oxygen atoms in total. The maximum atomic E-state index is 13.7. The Morgan fingerprint density at radius 3 is 2.53 bits per heavy atom. The average Bonchev–Trinajstić information content (AvgIpc) is 2.46. The minimum Gasteiger partial charge on any atom is -0.486 e. The zero-order valence-electron chi connectivity index (χ0n) is 10.2. The number of benzene rings is 2. The molecule has 2 aromatic carbocycles. The van der Waals surface area contributed by atoms with Gasteiger partial charge in [0.05, 0.1) is 0 Å². The third-order valence-corrected chi connectivity index (χ3v) is 3.09. The average molecular weight is 260 g/mol. The highest BCUT2D eigenvalue weighted by molar-refractivity contribution is 5.50. The molecule has 1 unspecified atom stereocenters. The van der Waals surface area contributed by atoms with Gasteiger partial charge in [-0.05, 0) is 12.1 Å². The van der Waals surface area contributed by atoms with Crippen LogP contribution in [0.15, 0.2) is 42.5 Å². The molecule has 1 heterocycles. The normalized spacial score (nSPS) is 15.1. The van der Waals surface area contributed by atoms with Crippen molar-refractivity contribution in [1.29, 1.82) is 0 Å². The Balaban J connectivity index is 2.05. The van der Waals surface area contributed by atoms with E-state index >= 15 is 0 Å². The lowest BCUT2D eigenvalue weighted by molar-refractivity contribution is 0.157. The summed E-state index contributed by atoms with van der Waals surface area (Å²) < 4.78 is 24.7. The van der Waals surface area contributed by atoms with E-state index in [2.05, 4.69) is 0 Å². The fraction of sp³-hybridized carbons (Fsp3) is 0.200. The van der Waals surface area contributed by atoms with Crippen LogP contribution in [0.5, 0.6) is 11.5 Å². The van der Waals surface area contributed by atoms with E-state index in [1.165, 1.54) is 6.07 Å². The summed E-state index contributed by atoms with van der Waals surface area (Å²) in [5, 5.41) is 10.4. The van der Waals surface area contributed by atoms with Crippen LogP contribution in [0.1, 0.15) is 17.2 Å². The molecule has 1 N–H and O–H groups in total. The Labute approximate surface area is 110 Å². The van der Waals surface area contributed by atoms with Gasteiger partial charge in [-0.2, -0.15) is 0 Å². The number of ether oxygens (including phenoxy) is 2. The first-order valence-corrected chi connectivity index (χ1v) is 6.08. The van der Waals surface area contributed by atoms with Crippen LogP contribution in [0, 0.1) is 5.82 Å². The van der Waals surface area contributed by atoms with Gasteiger partial charge in [0.1, 0.15) is 25.1 Å². The van der Waals surface area contributed by atoms with Crippen molar-refractivity contribution in [2.75, 3.05) is 13.2 Å². The molecule has 0 aliphatic carbocycles. The molecule has 4 heteroatoms. The number of rotatable bonds is 2. The largest absolute Gasteiger partial charge is 0.486 e. The van der Waals surface area contributed by atoms with E-state index < -0.39 is 11.9 Å². The monoisotopic (exact) mass is 260 g/mol. The van der Waals surface area contributed by atoms with Crippen molar-refractivity contribution in [2.45, 2.75) is 6.10 Å². The van der Waals surface area contributed by atoms with Crippen LogP contribution < -0.4 is 9.47 Å². The topological polar surface area (TPSA) is 38.7 Å². The van der Waals surface area contributed by atoms with Gasteiger partial charge in [0.2, 0.25) is 0 Å². The lowest BCUT2D eigenvalue weighted by atomic mass is 9.99. The number of hydrogen-bond acceptors (Lipinski definition) is 3. The van der Waals surface area contributed by atoms with Crippen LogP contribution >= 0.6 is 0 Å². The van der Waals surface area contributed by atoms with E-state index in [1.54, 1.807) is 36.4 Å². The van der Waals surface area contributed by atoms with Crippen molar-refractivity contribution in [2.24, 2.45) is 0 Å². The zero-order chi connectivity index (χ0) is 13.2. The highest BCUT2D eigenvalue weighted by Gasteiger charge is 2.23. The first-order chi connectivity index (χ1) is 9.27. The minimum atomic E-state index is -1.07. The van der Waals surface area contributed by atoms with Crippen LogP contribution in [0.4, 0.5) is 4.39 Å². The molecule has 98 valence electrons. The Morgan fingerprint density at radius 2 is 1.68 bits per heavy atom. The quantitative estimate of drug-likeness (QED) is 0.902. The van der Waals surface area contributed by atoms with Gasteiger partial charge in [-0.25, -0.2) is 4.39 Å². The van der Waals surface area contributed by atoms with Crippen molar-refractivity contribution >= 4 is 0 Å². The summed E-state index contributed by atoms with van der Waals surface area (Å²) in [6, 6.07) is 11.4. The molecule has 2 aromatic rings. The Morgan fingerprint density at radius 1 is 0.947 bits per heavy atom. The summed E-state index contributed by atoms with van der Waals surface area (Å²) in [6.07, 6.45) is -1.07. The molecule has 3 rings (SSSR count). The van der Waals surface area contributed by atoms with Crippen molar-refractivity contribution < 1.29 is 19.0 Å². The number of aliphatic hydroxyl groups excluding tert-OH is 1. The highest BCUT2D eigenvalue weighted by atomic mass is 19.1. The molecule has 0 saturated heterocycles. The molecule has 1 aliphatic rings. The summed E-state index contributed by atoms with van der Waals surface area (Å²) in [5.41, 5.74) is 0.743. The first-order valence-electron chi connectivity index (χ1n) is 6.08. The van der Waals surface area contributed by atoms with E-state index in [4.69, 9.17) is 9.47 Å². The Kier molecular flexibility index (Phi) is 3.09. The number of aliphatic hydroxyl groups is 1. The predicted molar refractivity (Wildman–Crippen MR) is 67.9 cm³/mol. The second-order valence-corrected chi connectivity index (χ2v) is 4.30. The molecular weight excluding hydrogens is 247 g/mol. The minimum absolute atomic E-state index is 0.227. The SMILES string of the molecule is OC(c1ccccc1F)c1cccc2c1OCCO2. The molecule has 0 saturated carbocycles. The molecule has 0 radical (unpaired) electrons. The van der Waals surface area contributed by atoms with Crippen LogP contribution in [-0.2, 0) is 0 Å². The first kappa shape index (κ1) is 12.0. The number of fused-ring (bicyclic) bond motifs is 1. The third-order valence-electron chi connectivity index (χ3n) is 3.09. The summed E-state index contributed by atoms with van der Waals surface area (Å²) in [5.74, 6) is 0.632. The smallest absolute Gasteiger partial charge is 0.167 e. The summed E-state index contributed by atoms with van der Waals surface area (Å²) in [6.45, 7) is 0.903. The predicted octanol–water partition coefficient (Wildman–Crippen LogP) is 2.68. The highest BCUT2D eigenvalue weighted by Crippen LogP contribution is 2.39. The van der Waals surface area contributed by atoms with Gasteiger partial charge in [-0.1, -0.05) is 30.3 Å². The molecule has 0 bridgehead atoms. The molecule has 0 amide bonds. The lowest BCUT2D eigenvalue weighted by Crippen LogP contribution is -2.17. The van der Waals surface area contributed by atoms with Gasteiger partial charge in [0.25, 0.3) is 0 Å². The van der Waals surface area contributed by atoms with E-state index in [-0.39, 0.29) is 5.56 Å². The Hall–Kier alpha value is -2.07. The van der Waals surface area contributed by atoms with Crippen LogP contribution in [0.25, 0.3) is 0 Å². The van der Waals surface area contributed by atoms with Gasteiger partial charge < -0.3 is 14.6 Å². The van der Waals surface area contributed by atoms with Gasteiger partial charge in [-0.15, -0.1) is 0 Å². The van der Waals surface area contributed by atoms with Crippen LogP contribution in [0.3, 0.4) is 0 Å². The molecule has 1 aliphatic heterocycles. The molecule has 19 heavy (non-hydrogen) atoms. The van der Waals surface area contributed by atoms with Crippen molar-refractivity contribution in [3.05, 3.63) is 59.4 Å². The van der Waals surface area contributed by atoms with E-state index in [0.717, 1.165) is 0 Å². The fourth-order valence-electron chi connectivity index (χ4n) is 2.18. The lowest BCUT2D eigenvalue weighted by Gasteiger charge is -2.23. The summed E-state index contributed by atoms with van der Waals surface area (Å²) in [4.78, 5) is 0. The van der Waals surface area contributed by atoms with E-state index in [1.807, 2.05) is 0 Å². The zero-order valence-corrected chi connectivity index (χ0v) is 10.2. The third kappa shape index (κ3) is 2.15. The Bertz CT molecular complexity index is 598. The molecular formula is C15H13FO3. The van der Waals surface area contributed by atoms with Gasteiger partial charge >= 0.3 is 0 Å². The standard InChI is InChI=1S/C15H13FO3/c16-12-6-2-1-4-10(12)14(17)11-5-3-7-13-15(11)19-9-8-18-13/h1-7,14,17H,8-9H2. The maximum absolute atomic E-state index is 13.7. The van der Waals surface area contributed by atoms with Gasteiger partial charge in [-0.3, -0.25) is 0 Å². The summed E-state index contributed by atoms with van der Waals surface area (Å²) >= 11 is 0. The molecule has 1 atom stereocenters. The van der Waals surface area contributed by atoms with E-state index in [0.29, 0.717) is 30.3 Å². The second kappa shape index (κ2) is 4.90. The van der Waals surface area contributed by atoms with Crippen LogP contribution in [-0.4, -0.2) is 18.3 Å². The maximum Gasteiger partial charge on any atom is 0.167 e. The van der Waals surface area contributed by atoms with Crippen molar-refractivity contribution in [1.82, 2.24) is 0 Å². The summed E-state index contributed by atoms with van der Waals surface area (Å²) in [7, 11) is 0. The second-order valence-electron chi connectivity index (χ2n) is 4.30. The van der Waals surface area contributed by atoms with E-state index in [9.17, 15) is 9.50 Å². The van der Waals surface area contributed by atoms with Gasteiger partial charge in [0, 0.05) is 11.1 Å². The van der Waals surface area contributed by atoms with Crippen LogP contribution in [0.2, 0.25) is 0 Å². The fourth-order valence-corrected chi connectivity index (χ4v) is 2.18. The number of halogens is 1. The van der Waals surface area contributed by atoms with Crippen molar-refractivity contribution in [3.63, 3.8) is 0 Å². The van der Waals surface area contributed by atoms with Crippen molar-refractivity contribution in [3.8, 4) is 11.5 Å². The molecule has 0 aromatic heterocycles. The number of para-hydroxylation sites is 1. The van der Waals surface area contributed by atoms with Gasteiger partial charge in [0.15, 0.2) is 11.5 Å².